The molecule has 8 heteroatoms. The standard InChI is InChI=1S/C15H11BrN2O4S/c1-23(20,21)15-18-12-7-6-11(8-13(12)22-15)17-14(19)9-2-4-10(16)5-3-9/h2-8H,1H3,(H,17,19). The summed E-state index contributed by atoms with van der Waals surface area (Å²) in [6, 6.07) is 11.7. The first kappa shape index (κ1) is 15.7. The second kappa shape index (κ2) is 5.78. The van der Waals surface area contributed by atoms with E-state index in [4.69, 9.17) is 4.42 Å². The molecule has 0 aliphatic heterocycles. The van der Waals surface area contributed by atoms with Gasteiger partial charge in [0.15, 0.2) is 5.58 Å². The first-order chi connectivity index (χ1) is 10.8. The fourth-order valence-electron chi connectivity index (χ4n) is 1.94. The van der Waals surface area contributed by atoms with Crippen LogP contribution in [-0.4, -0.2) is 25.6 Å². The molecule has 0 fully saturated rings. The van der Waals surface area contributed by atoms with Crippen molar-refractivity contribution in [2.24, 2.45) is 0 Å². The highest BCUT2D eigenvalue weighted by atomic mass is 79.9. The molecule has 23 heavy (non-hydrogen) atoms. The van der Waals surface area contributed by atoms with Crippen molar-refractivity contribution in [1.82, 2.24) is 4.98 Å². The van der Waals surface area contributed by atoms with Gasteiger partial charge in [-0.3, -0.25) is 4.79 Å². The van der Waals surface area contributed by atoms with Crippen LogP contribution in [0, 0.1) is 0 Å². The third kappa shape index (κ3) is 3.43. The van der Waals surface area contributed by atoms with Gasteiger partial charge in [-0.15, -0.1) is 0 Å². The van der Waals surface area contributed by atoms with Crippen LogP contribution >= 0.6 is 15.9 Å². The molecule has 2 aromatic carbocycles. The maximum absolute atomic E-state index is 12.2. The second-order valence-electron chi connectivity index (χ2n) is 4.90. The minimum atomic E-state index is -3.52. The number of hydrogen-bond donors (Lipinski definition) is 1. The van der Waals surface area contributed by atoms with Crippen molar-refractivity contribution >= 4 is 48.5 Å². The number of amides is 1. The minimum absolute atomic E-state index is 0.278. The Hall–Kier alpha value is -2.19. The molecule has 0 radical (unpaired) electrons. The van der Waals surface area contributed by atoms with Crippen LogP contribution in [0.15, 0.2) is 56.6 Å². The first-order valence-electron chi connectivity index (χ1n) is 6.50. The Labute approximate surface area is 140 Å². The van der Waals surface area contributed by atoms with Crippen molar-refractivity contribution in [2.75, 3.05) is 11.6 Å². The molecule has 0 aliphatic carbocycles. The quantitative estimate of drug-likeness (QED) is 0.736. The van der Waals surface area contributed by atoms with Crippen molar-refractivity contribution in [1.29, 1.82) is 0 Å². The summed E-state index contributed by atoms with van der Waals surface area (Å²) in [5.74, 6) is -0.278. The molecule has 3 aromatic rings. The van der Waals surface area contributed by atoms with Gasteiger partial charge in [0.05, 0.1) is 0 Å². The molecule has 118 valence electrons. The average Bonchev–Trinajstić information content (AvgIpc) is 2.91. The largest absolute Gasteiger partial charge is 0.428 e. The maximum Gasteiger partial charge on any atom is 0.315 e. The second-order valence-corrected chi connectivity index (χ2v) is 7.70. The highest BCUT2D eigenvalue weighted by Crippen LogP contribution is 2.23. The zero-order valence-electron chi connectivity index (χ0n) is 11.9. The van der Waals surface area contributed by atoms with Gasteiger partial charge in [-0.2, -0.15) is 4.98 Å². The highest BCUT2D eigenvalue weighted by Gasteiger charge is 2.16. The fourth-order valence-corrected chi connectivity index (χ4v) is 2.71. The molecule has 1 aromatic heterocycles. The summed E-state index contributed by atoms with van der Waals surface area (Å²) in [7, 11) is -3.52. The molecule has 0 saturated carbocycles. The van der Waals surface area contributed by atoms with E-state index in [1.165, 1.54) is 6.07 Å². The van der Waals surface area contributed by atoms with E-state index in [0.29, 0.717) is 22.4 Å². The monoisotopic (exact) mass is 394 g/mol. The zero-order chi connectivity index (χ0) is 16.6. The van der Waals surface area contributed by atoms with E-state index < -0.39 is 9.84 Å². The van der Waals surface area contributed by atoms with Crippen molar-refractivity contribution in [2.45, 2.75) is 5.22 Å². The van der Waals surface area contributed by atoms with Gasteiger partial charge in [-0.05, 0) is 36.4 Å². The van der Waals surface area contributed by atoms with Gasteiger partial charge in [0.2, 0.25) is 9.84 Å². The number of rotatable bonds is 3. The molecule has 0 unspecified atom stereocenters. The normalized spacial score (nSPS) is 11.6. The van der Waals surface area contributed by atoms with E-state index in [1.54, 1.807) is 36.4 Å². The lowest BCUT2D eigenvalue weighted by Gasteiger charge is -2.05. The molecule has 6 nitrogen and oxygen atoms in total. The fraction of sp³-hybridized carbons (Fsp3) is 0.0667. The molecule has 1 amide bonds. The molecule has 3 rings (SSSR count). The number of anilines is 1. The highest BCUT2D eigenvalue weighted by molar-refractivity contribution is 9.10. The summed E-state index contributed by atoms with van der Waals surface area (Å²) < 4.78 is 29.0. The zero-order valence-corrected chi connectivity index (χ0v) is 14.3. The van der Waals surface area contributed by atoms with E-state index in [2.05, 4.69) is 26.2 Å². The first-order valence-corrected chi connectivity index (χ1v) is 9.19. The van der Waals surface area contributed by atoms with Crippen molar-refractivity contribution in [3.05, 3.63) is 52.5 Å². The molecule has 0 atom stereocenters. The molecular weight excluding hydrogens is 384 g/mol. The van der Waals surface area contributed by atoms with E-state index >= 15 is 0 Å². The van der Waals surface area contributed by atoms with Crippen LogP contribution in [0.4, 0.5) is 5.69 Å². The summed E-state index contributed by atoms with van der Waals surface area (Å²) in [5, 5.41) is 2.38. The Kier molecular flexibility index (Phi) is 3.95. The van der Waals surface area contributed by atoms with Gasteiger partial charge in [0.1, 0.15) is 5.52 Å². The SMILES string of the molecule is CS(=O)(=O)c1nc2ccc(NC(=O)c3ccc(Br)cc3)cc2o1. The molecule has 0 spiro atoms. The Bertz CT molecular complexity index is 994. The molecule has 0 saturated heterocycles. The van der Waals surface area contributed by atoms with Gasteiger partial charge in [0, 0.05) is 28.0 Å². The Morgan fingerprint density at radius 3 is 2.52 bits per heavy atom. The smallest absolute Gasteiger partial charge is 0.315 e. The van der Waals surface area contributed by atoms with Crippen LogP contribution in [0.5, 0.6) is 0 Å². The number of fused-ring (bicyclic) bond motifs is 1. The summed E-state index contributed by atoms with van der Waals surface area (Å²) >= 11 is 3.31. The van der Waals surface area contributed by atoms with E-state index in [0.717, 1.165) is 10.7 Å². The molecule has 1 N–H and O–H groups in total. The lowest BCUT2D eigenvalue weighted by Crippen LogP contribution is -2.11. The summed E-state index contributed by atoms with van der Waals surface area (Å²) in [6.07, 6.45) is 1.02. The molecule has 1 heterocycles. The lowest BCUT2D eigenvalue weighted by atomic mass is 10.2. The van der Waals surface area contributed by atoms with Crippen molar-refractivity contribution < 1.29 is 17.6 Å². The lowest BCUT2D eigenvalue weighted by molar-refractivity contribution is 0.102. The van der Waals surface area contributed by atoms with Gasteiger partial charge >= 0.3 is 5.22 Å². The Morgan fingerprint density at radius 2 is 1.87 bits per heavy atom. The maximum atomic E-state index is 12.2. The van der Waals surface area contributed by atoms with Gasteiger partial charge in [0.25, 0.3) is 5.91 Å². The van der Waals surface area contributed by atoms with Crippen LogP contribution in [0.25, 0.3) is 11.1 Å². The third-order valence-corrected chi connectivity index (χ3v) is 4.39. The Balaban J connectivity index is 1.88. The van der Waals surface area contributed by atoms with Crippen molar-refractivity contribution in [3.63, 3.8) is 0 Å². The number of halogens is 1. The van der Waals surface area contributed by atoms with Gasteiger partial charge in [-0.1, -0.05) is 15.9 Å². The van der Waals surface area contributed by atoms with E-state index in [-0.39, 0.29) is 11.1 Å². The summed E-state index contributed by atoms with van der Waals surface area (Å²) in [4.78, 5) is 16.1. The van der Waals surface area contributed by atoms with Gasteiger partial charge in [-0.25, -0.2) is 8.42 Å². The topological polar surface area (TPSA) is 89.3 Å². The van der Waals surface area contributed by atoms with Crippen molar-refractivity contribution in [3.8, 4) is 0 Å². The summed E-state index contributed by atoms with van der Waals surface area (Å²) in [5.41, 5.74) is 1.69. The number of nitrogens with one attached hydrogen (secondary N) is 1. The van der Waals surface area contributed by atoms with Crippen LogP contribution in [0.1, 0.15) is 10.4 Å². The van der Waals surface area contributed by atoms with E-state index in [9.17, 15) is 13.2 Å². The number of carbonyl (C=O) groups is 1. The number of hydrogen-bond acceptors (Lipinski definition) is 5. The third-order valence-electron chi connectivity index (χ3n) is 3.05. The van der Waals surface area contributed by atoms with Crippen LogP contribution < -0.4 is 5.32 Å². The summed E-state index contributed by atoms with van der Waals surface area (Å²) in [6.45, 7) is 0. The van der Waals surface area contributed by atoms with Crippen LogP contribution in [0.3, 0.4) is 0 Å². The predicted molar refractivity (Wildman–Crippen MR) is 89.2 cm³/mol. The van der Waals surface area contributed by atoms with Gasteiger partial charge < -0.3 is 9.73 Å². The van der Waals surface area contributed by atoms with E-state index in [1.807, 2.05) is 0 Å². The molecular formula is C15H11BrN2O4S. The molecule has 0 aliphatic rings. The number of sulfone groups is 1. The minimum Gasteiger partial charge on any atom is -0.428 e. The predicted octanol–water partition coefficient (Wildman–Crippen LogP) is 3.25. The number of nitrogens with zero attached hydrogens (tertiary/aromatic N) is 1. The number of benzene rings is 2. The Morgan fingerprint density at radius 1 is 1.17 bits per heavy atom. The van der Waals surface area contributed by atoms with Crippen LogP contribution in [0.2, 0.25) is 0 Å². The number of carbonyl (C=O) groups excluding carboxylic acids is 1. The van der Waals surface area contributed by atoms with Crippen LogP contribution in [-0.2, 0) is 9.84 Å². The number of oxazole rings is 1. The average molecular weight is 395 g/mol. The number of aromatic nitrogens is 1. The molecule has 0 bridgehead atoms.